The minimum Gasteiger partial charge on any atom is -0.353 e. The molecule has 3 N–H and O–H groups in total. The van der Waals surface area contributed by atoms with Crippen LogP contribution in [0.3, 0.4) is 0 Å². The van der Waals surface area contributed by atoms with E-state index in [4.69, 9.17) is 0 Å². The summed E-state index contributed by atoms with van der Waals surface area (Å²) in [6.45, 7) is 4.60. The Morgan fingerprint density at radius 1 is 1.40 bits per heavy atom. The molecule has 1 aliphatic heterocycles. The van der Waals surface area contributed by atoms with Crippen LogP contribution in [-0.4, -0.2) is 30.9 Å². The van der Waals surface area contributed by atoms with Gasteiger partial charge in [0.2, 0.25) is 11.8 Å². The van der Waals surface area contributed by atoms with Crippen molar-refractivity contribution in [1.82, 2.24) is 16.0 Å². The molecule has 2 rings (SSSR count). The van der Waals surface area contributed by atoms with Gasteiger partial charge in [-0.1, -0.05) is 31.2 Å². The molecule has 0 spiro atoms. The van der Waals surface area contributed by atoms with Crippen LogP contribution in [0.1, 0.15) is 31.0 Å². The average Bonchev–Trinajstić information content (AvgIpc) is 2.48. The van der Waals surface area contributed by atoms with Crippen LogP contribution >= 0.6 is 0 Å². The molecule has 1 aliphatic rings. The lowest BCUT2D eigenvalue weighted by Gasteiger charge is -2.25. The molecule has 108 valence electrons. The van der Waals surface area contributed by atoms with Gasteiger partial charge in [0.1, 0.15) is 6.04 Å². The quantitative estimate of drug-likeness (QED) is 0.750. The second-order valence-electron chi connectivity index (χ2n) is 5.06. The van der Waals surface area contributed by atoms with Crippen LogP contribution in [0, 0.1) is 0 Å². The third kappa shape index (κ3) is 3.57. The molecule has 1 fully saturated rings. The molecule has 5 heteroatoms. The summed E-state index contributed by atoms with van der Waals surface area (Å²) in [5.41, 5.74) is 2.36. The van der Waals surface area contributed by atoms with Gasteiger partial charge in [-0.05, 0) is 24.5 Å². The minimum absolute atomic E-state index is 0.0483. The van der Waals surface area contributed by atoms with Crippen molar-refractivity contribution in [2.24, 2.45) is 0 Å². The second kappa shape index (κ2) is 6.52. The van der Waals surface area contributed by atoms with E-state index in [2.05, 4.69) is 35.0 Å². The first-order chi connectivity index (χ1) is 9.60. The van der Waals surface area contributed by atoms with Gasteiger partial charge in [-0.2, -0.15) is 0 Å². The summed E-state index contributed by atoms with van der Waals surface area (Å²) >= 11 is 0. The van der Waals surface area contributed by atoms with Gasteiger partial charge in [0, 0.05) is 6.54 Å². The number of benzene rings is 1. The van der Waals surface area contributed by atoms with Crippen molar-refractivity contribution >= 4 is 11.8 Å². The second-order valence-corrected chi connectivity index (χ2v) is 5.06. The highest BCUT2D eigenvalue weighted by Gasteiger charge is 2.24. The molecule has 1 aromatic carbocycles. The molecular weight excluding hydrogens is 254 g/mol. The van der Waals surface area contributed by atoms with E-state index < -0.39 is 0 Å². The monoisotopic (exact) mass is 275 g/mol. The Morgan fingerprint density at radius 3 is 2.65 bits per heavy atom. The maximum atomic E-state index is 12.1. The van der Waals surface area contributed by atoms with Crippen LogP contribution in [0.15, 0.2) is 24.3 Å². The van der Waals surface area contributed by atoms with Gasteiger partial charge in [0.15, 0.2) is 0 Å². The van der Waals surface area contributed by atoms with Crippen molar-refractivity contribution in [3.05, 3.63) is 35.4 Å². The summed E-state index contributed by atoms with van der Waals surface area (Å²) < 4.78 is 0. The number of nitrogens with one attached hydrogen (secondary N) is 3. The Bertz CT molecular complexity index is 474. The molecule has 1 saturated heterocycles. The van der Waals surface area contributed by atoms with E-state index in [1.807, 2.05) is 19.1 Å². The zero-order chi connectivity index (χ0) is 14.5. The summed E-state index contributed by atoms with van der Waals surface area (Å²) in [7, 11) is 0. The van der Waals surface area contributed by atoms with Crippen molar-refractivity contribution in [1.29, 1.82) is 0 Å². The highest BCUT2D eigenvalue weighted by molar-refractivity contribution is 5.86. The molecule has 2 atom stereocenters. The number of piperazine rings is 1. The largest absolute Gasteiger partial charge is 0.353 e. The molecule has 0 bridgehead atoms. The number of rotatable bonds is 4. The molecule has 5 nitrogen and oxygen atoms in total. The fourth-order valence-corrected chi connectivity index (χ4v) is 2.19. The zero-order valence-corrected chi connectivity index (χ0v) is 11.9. The highest BCUT2D eigenvalue weighted by atomic mass is 16.2. The van der Waals surface area contributed by atoms with Crippen molar-refractivity contribution < 1.29 is 9.59 Å². The number of amides is 2. The van der Waals surface area contributed by atoms with Crippen LogP contribution in [0.2, 0.25) is 0 Å². The van der Waals surface area contributed by atoms with Crippen LogP contribution in [0.5, 0.6) is 0 Å². The highest BCUT2D eigenvalue weighted by Crippen LogP contribution is 2.13. The Kier molecular flexibility index (Phi) is 4.74. The van der Waals surface area contributed by atoms with Crippen LogP contribution in [-0.2, 0) is 16.0 Å². The SMILES string of the molecule is CCc1ccc(C(C)NC(=O)C2CNC(=O)CN2)cc1. The van der Waals surface area contributed by atoms with Crippen LogP contribution in [0.25, 0.3) is 0 Å². The summed E-state index contributed by atoms with van der Waals surface area (Å²) in [5.74, 6) is -0.158. The average molecular weight is 275 g/mol. The lowest BCUT2D eigenvalue weighted by atomic mass is 10.0. The molecule has 1 aromatic rings. The molecule has 0 saturated carbocycles. The fraction of sp³-hybridized carbons (Fsp3) is 0.467. The van der Waals surface area contributed by atoms with E-state index >= 15 is 0 Å². The Labute approximate surface area is 119 Å². The fourth-order valence-electron chi connectivity index (χ4n) is 2.19. The van der Waals surface area contributed by atoms with Gasteiger partial charge >= 0.3 is 0 Å². The lowest BCUT2D eigenvalue weighted by molar-refractivity contribution is -0.127. The number of hydrogen-bond acceptors (Lipinski definition) is 3. The van der Waals surface area contributed by atoms with Crippen molar-refractivity contribution in [2.75, 3.05) is 13.1 Å². The normalized spacial score (nSPS) is 20.1. The molecule has 0 aromatic heterocycles. The maximum Gasteiger partial charge on any atom is 0.239 e. The lowest BCUT2D eigenvalue weighted by Crippen LogP contribution is -2.58. The van der Waals surface area contributed by atoms with E-state index in [-0.39, 0.29) is 30.4 Å². The Balaban J connectivity index is 1.91. The van der Waals surface area contributed by atoms with Gasteiger partial charge in [-0.15, -0.1) is 0 Å². The molecule has 2 unspecified atom stereocenters. The third-order valence-corrected chi connectivity index (χ3v) is 3.58. The maximum absolute atomic E-state index is 12.1. The van der Waals surface area contributed by atoms with Crippen molar-refractivity contribution in [2.45, 2.75) is 32.4 Å². The van der Waals surface area contributed by atoms with Gasteiger partial charge in [0.25, 0.3) is 0 Å². The summed E-state index contributed by atoms with van der Waals surface area (Å²) in [5, 5.41) is 8.56. The first kappa shape index (κ1) is 14.5. The number of carbonyl (C=O) groups excluding carboxylic acids is 2. The summed E-state index contributed by atoms with van der Waals surface area (Å²) in [6.07, 6.45) is 1.01. The first-order valence-electron chi connectivity index (χ1n) is 6.99. The smallest absolute Gasteiger partial charge is 0.239 e. The number of hydrogen-bond donors (Lipinski definition) is 3. The van der Waals surface area contributed by atoms with Gasteiger partial charge in [-0.3, -0.25) is 14.9 Å². The topological polar surface area (TPSA) is 70.2 Å². The Morgan fingerprint density at radius 2 is 2.10 bits per heavy atom. The van der Waals surface area contributed by atoms with Crippen molar-refractivity contribution in [3.8, 4) is 0 Å². The molecule has 0 aliphatic carbocycles. The van der Waals surface area contributed by atoms with Gasteiger partial charge < -0.3 is 10.6 Å². The van der Waals surface area contributed by atoms with Crippen LogP contribution in [0.4, 0.5) is 0 Å². The predicted molar refractivity (Wildman–Crippen MR) is 77.2 cm³/mol. The van der Waals surface area contributed by atoms with Gasteiger partial charge in [0.05, 0.1) is 12.6 Å². The summed E-state index contributed by atoms with van der Waals surface area (Å²) in [6, 6.07) is 7.84. The van der Waals surface area contributed by atoms with E-state index in [1.54, 1.807) is 0 Å². The molecule has 1 heterocycles. The minimum atomic E-state index is -0.356. The van der Waals surface area contributed by atoms with E-state index in [1.165, 1.54) is 5.56 Å². The standard InChI is InChI=1S/C15H21N3O2/c1-3-11-4-6-12(7-5-11)10(2)18-15(20)13-8-17-14(19)9-16-13/h4-7,10,13,16H,3,8-9H2,1-2H3,(H,17,19)(H,18,20). The van der Waals surface area contributed by atoms with Crippen LogP contribution < -0.4 is 16.0 Å². The van der Waals surface area contributed by atoms with Crippen molar-refractivity contribution in [3.63, 3.8) is 0 Å². The molecular formula is C15H21N3O2. The number of carbonyl (C=O) groups is 2. The van der Waals surface area contributed by atoms with E-state index in [0.717, 1.165) is 12.0 Å². The van der Waals surface area contributed by atoms with Gasteiger partial charge in [-0.25, -0.2) is 0 Å². The molecule has 20 heavy (non-hydrogen) atoms. The summed E-state index contributed by atoms with van der Waals surface area (Å²) in [4.78, 5) is 23.1. The first-order valence-corrected chi connectivity index (χ1v) is 6.99. The Hall–Kier alpha value is -1.88. The van der Waals surface area contributed by atoms with E-state index in [9.17, 15) is 9.59 Å². The number of aryl methyl sites for hydroxylation is 1. The van der Waals surface area contributed by atoms with E-state index in [0.29, 0.717) is 6.54 Å². The third-order valence-electron chi connectivity index (χ3n) is 3.58. The molecule has 2 amide bonds. The zero-order valence-electron chi connectivity index (χ0n) is 11.9. The predicted octanol–water partition coefficient (Wildman–Crippen LogP) is 0.514. The molecule has 0 radical (unpaired) electrons.